The first-order valence-electron chi connectivity index (χ1n) is 8.65. The maximum absolute atomic E-state index is 12.7. The second-order valence-corrected chi connectivity index (χ2v) is 7.01. The SMILES string of the molecule is CSc1nc(Nc2ccc(C(F)(F)F)cc2)cc(-c2ccc3cccnc3c2)n1. The number of benzene rings is 2. The molecule has 2 aromatic carbocycles. The van der Waals surface area contributed by atoms with Crippen molar-refractivity contribution in [2.45, 2.75) is 11.3 Å². The Bertz CT molecular complexity index is 1160. The van der Waals surface area contributed by atoms with Gasteiger partial charge in [0.25, 0.3) is 0 Å². The highest BCUT2D eigenvalue weighted by Gasteiger charge is 2.29. The highest BCUT2D eigenvalue weighted by atomic mass is 32.2. The van der Waals surface area contributed by atoms with E-state index >= 15 is 0 Å². The van der Waals surface area contributed by atoms with Crippen molar-refractivity contribution in [1.82, 2.24) is 15.0 Å². The van der Waals surface area contributed by atoms with Crippen LogP contribution in [0.25, 0.3) is 22.2 Å². The predicted molar refractivity (Wildman–Crippen MR) is 109 cm³/mol. The van der Waals surface area contributed by atoms with Gasteiger partial charge in [-0.05, 0) is 42.7 Å². The van der Waals surface area contributed by atoms with Gasteiger partial charge in [0.1, 0.15) is 5.82 Å². The number of rotatable bonds is 4. The fraction of sp³-hybridized carbons (Fsp3) is 0.0952. The molecule has 0 aliphatic heterocycles. The third-order valence-corrected chi connectivity index (χ3v) is 4.82. The zero-order chi connectivity index (χ0) is 20.4. The van der Waals surface area contributed by atoms with E-state index in [1.165, 1.54) is 23.9 Å². The maximum atomic E-state index is 12.7. The first-order chi connectivity index (χ1) is 13.9. The fourth-order valence-electron chi connectivity index (χ4n) is 2.84. The molecule has 4 aromatic rings. The van der Waals surface area contributed by atoms with Crippen LogP contribution in [0.4, 0.5) is 24.7 Å². The van der Waals surface area contributed by atoms with Gasteiger partial charge in [-0.25, -0.2) is 9.97 Å². The van der Waals surface area contributed by atoms with Crippen molar-refractivity contribution in [2.24, 2.45) is 0 Å². The summed E-state index contributed by atoms with van der Waals surface area (Å²) in [5.74, 6) is 0.500. The first-order valence-corrected chi connectivity index (χ1v) is 9.87. The minimum absolute atomic E-state index is 0.500. The molecule has 0 saturated carbocycles. The molecule has 2 aromatic heterocycles. The van der Waals surface area contributed by atoms with Crippen LogP contribution in [0.5, 0.6) is 0 Å². The van der Waals surface area contributed by atoms with Crippen molar-refractivity contribution in [3.63, 3.8) is 0 Å². The van der Waals surface area contributed by atoms with Crippen molar-refractivity contribution in [3.05, 3.63) is 72.4 Å². The number of hydrogen-bond acceptors (Lipinski definition) is 5. The molecule has 0 amide bonds. The molecule has 1 N–H and O–H groups in total. The van der Waals surface area contributed by atoms with E-state index in [0.29, 0.717) is 22.4 Å². The van der Waals surface area contributed by atoms with Gasteiger partial charge in [0.05, 0.1) is 16.8 Å². The number of anilines is 2. The van der Waals surface area contributed by atoms with Crippen LogP contribution in [0.15, 0.2) is 72.0 Å². The topological polar surface area (TPSA) is 50.7 Å². The molecule has 0 unspecified atom stereocenters. The summed E-state index contributed by atoms with van der Waals surface area (Å²) in [5, 5.41) is 4.64. The number of alkyl halides is 3. The predicted octanol–water partition coefficient (Wildman–Crippen LogP) is 6.18. The monoisotopic (exact) mass is 412 g/mol. The molecule has 0 saturated heterocycles. The van der Waals surface area contributed by atoms with Crippen LogP contribution in [-0.4, -0.2) is 21.2 Å². The summed E-state index contributed by atoms with van der Waals surface area (Å²) in [5.41, 5.74) is 2.25. The Labute approximate surface area is 169 Å². The Hall–Kier alpha value is -3.13. The van der Waals surface area contributed by atoms with Crippen LogP contribution in [0.1, 0.15) is 5.56 Å². The molecule has 0 aliphatic carbocycles. The molecule has 2 heterocycles. The molecule has 146 valence electrons. The fourth-order valence-corrected chi connectivity index (χ4v) is 3.22. The third kappa shape index (κ3) is 4.32. The van der Waals surface area contributed by atoms with Crippen molar-refractivity contribution in [1.29, 1.82) is 0 Å². The first kappa shape index (κ1) is 19.2. The van der Waals surface area contributed by atoms with Gasteiger partial charge < -0.3 is 5.32 Å². The number of thioether (sulfide) groups is 1. The summed E-state index contributed by atoms with van der Waals surface area (Å²) >= 11 is 1.39. The normalized spacial score (nSPS) is 11.6. The molecule has 4 rings (SSSR count). The molecule has 0 aliphatic rings. The molecule has 0 spiro atoms. The standard InChI is InChI=1S/C21H15F3N4S/c1-29-20-27-18(14-5-4-13-3-2-10-25-17(13)11-14)12-19(28-20)26-16-8-6-15(7-9-16)21(22,23)24/h2-12H,1H3,(H,26,27,28). The number of fused-ring (bicyclic) bond motifs is 1. The molecule has 0 bridgehead atoms. The number of halogens is 3. The van der Waals surface area contributed by atoms with E-state index in [1.54, 1.807) is 12.3 Å². The highest BCUT2D eigenvalue weighted by molar-refractivity contribution is 7.98. The van der Waals surface area contributed by atoms with Crippen LogP contribution in [0, 0.1) is 0 Å². The van der Waals surface area contributed by atoms with Gasteiger partial charge in [0.2, 0.25) is 0 Å². The summed E-state index contributed by atoms with van der Waals surface area (Å²) < 4.78 is 38.2. The highest BCUT2D eigenvalue weighted by Crippen LogP contribution is 2.31. The van der Waals surface area contributed by atoms with Crippen LogP contribution >= 0.6 is 11.8 Å². The largest absolute Gasteiger partial charge is 0.416 e. The van der Waals surface area contributed by atoms with E-state index in [9.17, 15) is 13.2 Å². The van der Waals surface area contributed by atoms with Gasteiger partial charge in [0.15, 0.2) is 5.16 Å². The van der Waals surface area contributed by atoms with Crippen molar-refractivity contribution in [3.8, 4) is 11.3 Å². The Morgan fingerprint density at radius 2 is 1.72 bits per heavy atom. The van der Waals surface area contributed by atoms with E-state index in [2.05, 4.69) is 20.3 Å². The molecule has 8 heteroatoms. The lowest BCUT2D eigenvalue weighted by molar-refractivity contribution is -0.137. The molecular weight excluding hydrogens is 397 g/mol. The van der Waals surface area contributed by atoms with Crippen molar-refractivity contribution >= 4 is 34.2 Å². The second kappa shape index (κ2) is 7.71. The van der Waals surface area contributed by atoms with E-state index in [0.717, 1.165) is 28.6 Å². The quantitative estimate of drug-likeness (QED) is 0.321. The van der Waals surface area contributed by atoms with E-state index < -0.39 is 11.7 Å². The van der Waals surface area contributed by atoms with E-state index in [1.807, 2.05) is 36.6 Å². The summed E-state index contributed by atoms with van der Waals surface area (Å²) in [6.45, 7) is 0. The summed E-state index contributed by atoms with van der Waals surface area (Å²) in [7, 11) is 0. The van der Waals surface area contributed by atoms with Crippen LogP contribution in [0.2, 0.25) is 0 Å². The van der Waals surface area contributed by atoms with Crippen molar-refractivity contribution < 1.29 is 13.2 Å². The summed E-state index contributed by atoms with van der Waals surface area (Å²) in [4.78, 5) is 13.3. The zero-order valence-corrected chi connectivity index (χ0v) is 16.1. The van der Waals surface area contributed by atoms with Crippen LogP contribution in [0.3, 0.4) is 0 Å². The van der Waals surface area contributed by atoms with Gasteiger partial charge in [-0.2, -0.15) is 13.2 Å². The minimum atomic E-state index is -4.36. The molecular formula is C21H15F3N4S. The Balaban J connectivity index is 1.67. The van der Waals surface area contributed by atoms with E-state index in [-0.39, 0.29) is 0 Å². The summed E-state index contributed by atoms with van der Waals surface area (Å²) in [6, 6.07) is 16.3. The van der Waals surface area contributed by atoms with E-state index in [4.69, 9.17) is 0 Å². The summed E-state index contributed by atoms with van der Waals surface area (Å²) in [6.07, 6.45) is -0.767. The van der Waals surface area contributed by atoms with Crippen LogP contribution < -0.4 is 5.32 Å². The van der Waals surface area contributed by atoms with Gasteiger partial charge >= 0.3 is 6.18 Å². The van der Waals surface area contributed by atoms with Crippen molar-refractivity contribution in [2.75, 3.05) is 11.6 Å². The number of pyridine rings is 1. The zero-order valence-electron chi connectivity index (χ0n) is 15.2. The lowest BCUT2D eigenvalue weighted by Gasteiger charge is -2.11. The number of aromatic nitrogens is 3. The Kier molecular flexibility index (Phi) is 5.10. The van der Waals surface area contributed by atoms with Crippen LogP contribution in [-0.2, 0) is 6.18 Å². The lowest BCUT2D eigenvalue weighted by atomic mass is 10.1. The lowest BCUT2D eigenvalue weighted by Crippen LogP contribution is -2.04. The third-order valence-electron chi connectivity index (χ3n) is 4.27. The molecule has 0 atom stereocenters. The van der Waals surface area contributed by atoms with Gasteiger partial charge in [-0.3, -0.25) is 4.98 Å². The number of nitrogens with one attached hydrogen (secondary N) is 1. The minimum Gasteiger partial charge on any atom is -0.340 e. The Morgan fingerprint density at radius 1 is 0.931 bits per heavy atom. The second-order valence-electron chi connectivity index (χ2n) is 6.24. The number of nitrogens with zero attached hydrogens (tertiary/aromatic N) is 3. The Morgan fingerprint density at radius 3 is 2.45 bits per heavy atom. The molecule has 4 nitrogen and oxygen atoms in total. The molecule has 0 fully saturated rings. The van der Waals surface area contributed by atoms with Gasteiger partial charge in [-0.1, -0.05) is 30.0 Å². The average Bonchev–Trinajstić information content (AvgIpc) is 2.73. The number of hydrogen-bond donors (Lipinski definition) is 1. The molecule has 0 radical (unpaired) electrons. The maximum Gasteiger partial charge on any atom is 0.416 e. The van der Waals surface area contributed by atoms with Gasteiger partial charge in [-0.15, -0.1) is 0 Å². The van der Waals surface area contributed by atoms with Gasteiger partial charge in [0, 0.05) is 28.9 Å². The smallest absolute Gasteiger partial charge is 0.340 e. The average molecular weight is 412 g/mol. The molecule has 29 heavy (non-hydrogen) atoms.